The Labute approximate surface area is 352 Å². The molecule has 0 saturated heterocycles. The molecule has 2 unspecified atom stereocenters. The van der Waals surface area contributed by atoms with Crippen LogP contribution >= 0.6 is 31.0 Å². The lowest BCUT2D eigenvalue weighted by Crippen LogP contribution is -2.54. The number of carboxylic acid groups (broad SMARTS) is 2. The highest BCUT2D eigenvalue weighted by Gasteiger charge is 2.60. The molecule has 58 heavy (non-hydrogen) atoms. The van der Waals surface area contributed by atoms with Gasteiger partial charge in [0.1, 0.15) is 22.6 Å². The predicted octanol–water partition coefficient (Wildman–Crippen LogP) is 12.2. The first kappa shape index (κ1) is 44.9. The van der Waals surface area contributed by atoms with Crippen molar-refractivity contribution in [1.82, 2.24) is 0 Å². The average molecular weight is 864 g/mol. The molecule has 2 aromatic carbocycles. The highest BCUT2D eigenvalue weighted by Crippen LogP contribution is 2.69. The minimum Gasteiger partial charge on any atom is -0.505 e. The number of benzene rings is 2. The minimum atomic E-state index is -4.48. The molecule has 10 atom stereocenters. The third-order valence-electron chi connectivity index (χ3n) is 15.0. The molecule has 6 rings (SSSR count). The third kappa shape index (κ3) is 9.18. The van der Waals surface area contributed by atoms with Gasteiger partial charge in [0, 0.05) is 0 Å². The van der Waals surface area contributed by atoms with E-state index in [0.717, 1.165) is 61.0 Å². The van der Waals surface area contributed by atoms with Crippen molar-refractivity contribution in [2.24, 2.45) is 52.3 Å². The molecular formula is C45H61Cl2O10P. The Hall–Kier alpha value is -2.59. The Morgan fingerprint density at radius 1 is 0.845 bits per heavy atom. The molecule has 4 fully saturated rings. The number of phenols is 2. The summed E-state index contributed by atoms with van der Waals surface area (Å²) in [5.41, 5.74) is 0.223. The number of rotatable bonds is 15. The first-order valence-corrected chi connectivity index (χ1v) is 23.4. The monoisotopic (exact) mass is 862 g/mol. The van der Waals surface area contributed by atoms with Crippen molar-refractivity contribution in [3.63, 3.8) is 0 Å². The number of phosphoric ester groups is 1. The average Bonchev–Trinajstić information content (AvgIpc) is 3.51. The number of phosphoric acid groups is 1. The zero-order chi connectivity index (χ0) is 42.3. The van der Waals surface area contributed by atoms with Gasteiger partial charge in [0.25, 0.3) is 0 Å². The molecule has 2 aromatic rings. The maximum absolute atomic E-state index is 13.4. The second-order valence-corrected chi connectivity index (χ2v) is 20.9. The van der Waals surface area contributed by atoms with Gasteiger partial charge in [-0.05, 0) is 157 Å². The van der Waals surface area contributed by atoms with Gasteiger partial charge in [0.05, 0.1) is 22.8 Å². The van der Waals surface area contributed by atoms with Crippen LogP contribution in [0.25, 0.3) is 5.57 Å². The van der Waals surface area contributed by atoms with Crippen molar-refractivity contribution in [2.45, 2.75) is 124 Å². The number of fused-ring (bicyclic) bond motifs is 5. The molecule has 320 valence electrons. The van der Waals surface area contributed by atoms with E-state index in [2.05, 4.69) is 34.6 Å². The molecule has 0 amide bonds. The number of aromatic carboxylic acids is 2. The second-order valence-electron chi connectivity index (χ2n) is 18.7. The molecular weight excluding hydrogens is 802 g/mol. The van der Waals surface area contributed by atoms with E-state index in [4.69, 9.17) is 32.2 Å². The van der Waals surface area contributed by atoms with Gasteiger partial charge in [-0.25, -0.2) is 14.2 Å². The third-order valence-corrected chi connectivity index (χ3v) is 16.7. The molecule has 4 aliphatic carbocycles. The number of carbonyl (C=O) groups is 2. The molecule has 0 bridgehead atoms. The zero-order valence-electron chi connectivity index (χ0n) is 34.4. The molecule has 4 aliphatic rings. The van der Waals surface area contributed by atoms with Crippen molar-refractivity contribution in [3.05, 3.63) is 62.6 Å². The lowest BCUT2D eigenvalue weighted by molar-refractivity contribution is -0.128. The van der Waals surface area contributed by atoms with E-state index in [1.807, 2.05) is 0 Å². The van der Waals surface area contributed by atoms with Crippen LogP contribution in [0.1, 0.15) is 150 Å². The highest BCUT2D eigenvalue weighted by molar-refractivity contribution is 7.47. The number of halogens is 2. The summed E-state index contributed by atoms with van der Waals surface area (Å²) in [6.45, 7) is 12.0. The molecule has 0 heterocycles. The van der Waals surface area contributed by atoms with Gasteiger partial charge in [-0.15, -0.1) is 0 Å². The standard InChI is InChI=1S/C45H61Cl2O10P/c1-25(2)8-6-9-26(3)35-13-14-36-32-12-11-29-24-30(15-17-44(29,4)37(32)16-18-45(35,36)5)57-58(54,55)56-19-7-10-31(27-20-33(42(50)51)40(48)38(46)22-27)28-21-34(43(52)53)41(49)39(47)23-28/h10,20-23,25-26,29-30,32,35-37,48-49H,6-9,11-19,24H2,1-5H3,(H,50,51)(H,52,53)(H,54,55)/t26-,29?,30+,32+,35-,36+,37+,44+,45-/m1/s1. The van der Waals surface area contributed by atoms with Crippen LogP contribution in [0.3, 0.4) is 0 Å². The molecule has 13 heteroatoms. The fourth-order valence-electron chi connectivity index (χ4n) is 12.2. The first-order valence-electron chi connectivity index (χ1n) is 21.1. The molecule has 0 spiro atoms. The van der Waals surface area contributed by atoms with Crippen LogP contribution in [-0.4, -0.2) is 50.0 Å². The van der Waals surface area contributed by atoms with Crippen LogP contribution in [0.15, 0.2) is 30.3 Å². The summed E-state index contributed by atoms with van der Waals surface area (Å²) in [6.07, 6.45) is 15.1. The van der Waals surface area contributed by atoms with Crippen molar-refractivity contribution in [3.8, 4) is 11.5 Å². The van der Waals surface area contributed by atoms with Crippen LogP contribution in [0.2, 0.25) is 10.0 Å². The highest BCUT2D eigenvalue weighted by atomic mass is 35.5. The summed E-state index contributed by atoms with van der Waals surface area (Å²) in [5, 5.41) is 39.3. The maximum atomic E-state index is 13.4. The Morgan fingerprint density at radius 3 is 2.02 bits per heavy atom. The van der Waals surface area contributed by atoms with Crippen LogP contribution in [0.4, 0.5) is 0 Å². The number of aromatic hydroxyl groups is 2. The smallest absolute Gasteiger partial charge is 0.472 e. The molecule has 4 saturated carbocycles. The topological polar surface area (TPSA) is 171 Å². The predicted molar refractivity (Wildman–Crippen MR) is 226 cm³/mol. The van der Waals surface area contributed by atoms with E-state index in [1.165, 1.54) is 63.5 Å². The van der Waals surface area contributed by atoms with Gasteiger partial charge in [0.2, 0.25) is 0 Å². The summed E-state index contributed by atoms with van der Waals surface area (Å²) < 4.78 is 24.7. The van der Waals surface area contributed by atoms with Crippen molar-refractivity contribution < 1.29 is 48.5 Å². The Morgan fingerprint density at radius 2 is 1.43 bits per heavy atom. The molecule has 5 N–H and O–H groups in total. The number of carboxylic acids is 2. The van der Waals surface area contributed by atoms with Gasteiger partial charge in [0.15, 0.2) is 0 Å². The minimum absolute atomic E-state index is 0.0111. The van der Waals surface area contributed by atoms with E-state index in [0.29, 0.717) is 23.7 Å². The second kappa shape index (κ2) is 17.8. The lowest BCUT2D eigenvalue weighted by Gasteiger charge is -2.61. The zero-order valence-corrected chi connectivity index (χ0v) is 36.8. The van der Waals surface area contributed by atoms with Crippen molar-refractivity contribution >= 4 is 48.5 Å². The van der Waals surface area contributed by atoms with Gasteiger partial charge >= 0.3 is 19.8 Å². The van der Waals surface area contributed by atoms with Crippen LogP contribution in [0, 0.1) is 52.3 Å². The molecule has 0 aromatic heterocycles. The van der Waals surface area contributed by atoms with Crippen molar-refractivity contribution in [2.75, 3.05) is 6.61 Å². The summed E-state index contributed by atoms with van der Waals surface area (Å²) in [5.74, 6) is 0.771. The fraction of sp³-hybridized carbons (Fsp3) is 0.644. The van der Waals surface area contributed by atoms with Crippen LogP contribution in [-0.2, 0) is 13.6 Å². The molecule has 0 aliphatic heterocycles. The summed E-state index contributed by atoms with van der Waals surface area (Å²) in [4.78, 5) is 34.7. The van der Waals surface area contributed by atoms with Crippen LogP contribution in [0.5, 0.6) is 11.5 Å². The first-order chi connectivity index (χ1) is 27.3. The van der Waals surface area contributed by atoms with Gasteiger partial charge < -0.3 is 25.3 Å². The Kier molecular flexibility index (Phi) is 13.8. The molecule has 10 nitrogen and oxygen atoms in total. The summed E-state index contributed by atoms with van der Waals surface area (Å²) >= 11 is 12.4. The maximum Gasteiger partial charge on any atom is 0.472 e. The Balaban J connectivity index is 1.10. The van der Waals surface area contributed by atoms with Gasteiger partial charge in [-0.3, -0.25) is 9.05 Å². The number of hydrogen-bond donors (Lipinski definition) is 5. The normalized spacial score (nSPS) is 30.8. The van der Waals surface area contributed by atoms with E-state index < -0.39 is 48.5 Å². The van der Waals surface area contributed by atoms with E-state index in [1.54, 1.807) is 6.08 Å². The van der Waals surface area contributed by atoms with E-state index >= 15 is 0 Å². The van der Waals surface area contributed by atoms with Gasteiger partial charge in [-0.2, -0.15) is 0 Å². The SMILES string of the molecule is CC(C)CCC[C@@H](C)[C@H]1CC[C@H]2[C@@H]3CCC4C[C@@H](OP(=O)(O)OCCC=C(c5cc(Cl)c(O)c(C(=O)O)c5)c5cc(Cl)c(O)c(C(=O)O)c5)CC[C@]4(C)[C@H]3CC[C@]12C. The largest absolute Gasteiger partial charge is 0.505 e. The van der Waals surface area contributed by atoms with Crippen LogP contribution < -0.4 is 0 Å². The van der Waals surface area contributed by atoms with Crippen molar-refractivity contribution in [1.29, 1.82) is 0 Å². The fourth-order valence-corrected chi connectivity index (χ4v) is 13.6. The van der Waals surface area contributed by atoms with E-state index in [9.17, 15) is 39.5 Å². The van der Waals surface area contributed by atoms with E-state index in [-0.39, 0.29) is 45.2 Å². The number of hydrogen-bond acceptors (Lipinski definition) is 7. The summed E-state index contributed by atoms with van der Waals surface area (Å²) in [7, 11) is -4.48. The summed E-state index contributed by atoms with van der Waals surface area (Å²) in [6, 6.07) is 4.92. The van der Waals surface area contributed by atoms with Gasteiger partial charge in [-0.1, -0.05) is 83.2 Å². The molecule has 0 radical (unpaired) electrons. The Bertz CT molecular complexity index is 1880. The lowest BCUT2D eigenvalue weighted by atomic mass is 9.44. The quantitative estimate of drug-likeness (QED) is 0.0857.